The highest BCUT2D eigenvalue weighted by Crippen LogP contribution is 1.85. The maximum atomic E-state index is 7.37. The summed E-state index contributed by atoms with van der Waals surface area (Å²) in [5, 5.41) is 30.4. The van der Waals surface area contributed by atoms with Crippen molar-refractivity contribution in [3.8, 4) is 0 Å². The fraction of sp³-hybridized carbons (Fsp3) is 0. The Balaban J connectivity index is 2.65. The summed E-state index contributed by atoms with van der Waals surface area (Å²) in [5.41, 5.74) is 0. The Morgan fingerprint density at radius 1 is 0.800 bits per heavy atom. The van der Waals surface area contributed by atoms with Gasteiger partial charge in [-0.05, 0) is 35.3 Å². The van der Waals surface area contributed by atoms with Crippen LogP contribution in [0.25, 0.3) is 0 Å². The molecular formula is H3NO9. The van der Waals surface area contributed by atoms with Crippen LogP contribution in [-0.4, -0.2) is 5.26 Å². The molecule has 0 amide bonds. The molecule has 0 fully saturated rings. The van der Waals surface area contributed by atoms with Gasteiger partial charge in [0, 0.05) is 0 Å². The van der Waals surface area contributed by atoms with Crippen LogP contribution in [0.2, 0.25) is 0 Å². The first kappa shape index (κ1) is 9.60. The zero-order chi connectivity index (χ0) is 7.66. The maximum absolute atomic E-state index is 7.37. The van der Waals surface area contributed by atoms with Crippen molar-refractivity contribution in [1.29, 1.82) is 0 Å². The van der Waals surface area contributed by atoms with Crippen molar-refractivity contribution in [2.24, 2.45) is 5.90 Å². The van der Waals surface area contributed by atoms with E-state index in [0.29, 0.717) is 0 Å². The summed E-state index contributed by atoms with van der Waals surface area (Å²) in [7, 11) is 0. The number of hydrogen-bond acceptors (Lipinski definition) is 10. The molecule has 0 unspecified atom stereocenters. The Morgan fingerprint density at radius 3 is 1.80 bits per heavy atom. The van der Waals surface area contributed by atoms with E-state index in [1.165, 1.54) is 0 Å². The molecule has 0 aliphatic heterocycles. The largest absolute Gasteiger partial charge is 0.219 e. The molecule has 0 rings (SSSR count). The maximum Gasteiger partial charge on any atom is -0.00000181 e. The smallest absolute Gasteiger partial charge is 0.00000181 e. The summed E-state index contributed by atoms with van der Waals surface area (Å²) >= 11 is 0. The third kappa shape index (κ3) is 7.60. The first-order valence-corrected chi connectivity index (χ1v) is 1.58. The predicted molar refractivity (Wildman–Crippen MR) is 15.5 cm³/mol. The van der Waals surface area contributed by atoms with Gasteiger partial charge in [0.1, 0.15) is 0 Å². The minimum absolute atomic E-state index is 2.87. The summed E-state index contributed by atoms with van der Waals surface area (Å²) in [4.78, 5) is 3.34. The van der Waals surface area contributed by atoms with Gasteiger partial charge in [0.05, 0.1) is 0 Å². The van der Waals surface area contributed by atoms with Crippen LogP contribution in [0.4, 0.5) is 0 Å². The van der Waals surface area contributed by atoms with Gasteiger partial charge in [-0.3, -0.25) is 0 Å². The molecule has 0 aromatic rings. The third-order valence-corrected chi connectivity index (χ3v) is 0.209. The monoisotopic (exact) mass is 161 g/mol. The van der Waals surface area contributed by atoms with Crippen LogP contribution >= 0.6 is 0 Å². The lowest BCUT2D eigenvalue weighted by Gasteiger charge is -1.94. The van der Waals surface area contributed by atoms with Crippen molar-refractivity contribution in [3.63, 3.8) is 0 Å². The Kier molecular flexibility index (Phi) is 8.26. The molecule has 0 aromatic heterocycles. The summed E-state index contributed by atoms with van der Waals surface area (Å²) in [6.07, 6.45) is 0. The van der Waals surface area contributed by atoms with Crippen LogP contribution in [0.1, 0.15) is 0 Å². The molecule has 0 spiro atoms. The molecule has 0 aliphatic carbocycles. The van der Waals surface area contributed by atoms with Gasteiger partial charge in [0.15, 0.2) is 0 Å². The summed E-state index contributed by atoms with van der Waals surface area (Å²) < 4.78 is 0. The van der Waals surface area contributed by atoms with E-state index in [1.54, 1.807) is 0 Å². The summed E-state index contributed by atoms with van der Waals surface area (Å²) in [6.45, 7) is 0. The quantitative estimate of drug-likeness (QED) is 0.269. The van der Waals surface area contributed by atoms with Crippen LogP contribution in [0.15, 0.2) is 0 Å². The molecule has 62 valence electrons. The van der Waals surface area contributed by atoms with Gasteiger partial charge in [0.2, 0.25) is 0 Å². The van der Waals surface area contributed by atoms with Crippen LogP contribution in [0.5, 0.6) is 0 Å². The number of hydrogen-bond donors (Lipinski definition) is 2. The molecule has 10 nitrogen and oxygen atoms in total. The van der Waals surface area contributed by atoms with E-state index in [2.05, 4.69) is 46.2 Å². The second-order valence-corrected chi connectivity index (χ2v) is 0.579. The van der Waals surface area contributed by atoms with Crippen molar-refractivity contribution < 1.29 is 45.5 Å². The van der Waals surface area contributed by atoms with Crippen molar-refractivity contribution >= 4 is 0 Å². The molecule has 0 bridgehead atoms. The van der Waals surface area contributed by atoms with Gasteiger partial charge in [-0.2, -0.15) is 5.90 Å². The number of nitrogens with two attached hydrogens (primary N) is 1. The number of rotatable bonds is 7. The Hall–Kier alpha value is -0.400. The molecule has 3 N–H and O–H groups in total. The fourth-order valence-corrected chi connectivity index (χ4v) is 0.0738. The molecule has 0 atom stereocenters. The Morgan fingerprint density at radius 2 is 1.30 bits per heavy atom. The lowest BCUT2D eigenvalue weighted by Crippen LogP contribution is -2.04. The Bertz CT molecular complexity index is 44.7. The molecule has 0 saturated carbocycles. The van der Waals surface area contributed by atoms with E-state index < -0.39 is 0 Å². The zero-order valence-corrected chi connectivity index (χ0v) is 4.29. The SMILES string of the molecule is NOOOOOOOOO. The van der Waals surface area contributed by atoms with Crippen molar-refractivity contribution in [2.45, 2.75) is 0 Å². The molecule has 0 aromatic carbocycles. The average Bonchev–Trinajstić information content (AvgIpc) is 1.97. The van der Waals surface area contributed by atoms with Crippen molar-refractivity contribution in [1.82, 2.24) is 0 Å². The van der Waals surface area contributed by atoms with Gasteiger partial charge in [-0.15, -0.1) is 4.99 Å². The zero-order valence-electron chi connectivity index (χ0n) is 4.29. The molecule has 10 heteroatoms. The Labute approximate surface area is 52.8 Å². The molecular weight excluding hydrogens is 158 g/mol. The van der Waals surface area contributed by atoms with Gasteiger partial charge < -0.3 is 0 Å². The van der Waals surface area contributed by atoms with Gasteiger partial charge in [0.25, 0.3) is 0 Å². The predicted octanol–water partition coefficient (Wildman–Crippen LogP) is -1.13. The van der Waals surface area contributed by atoms with Crippen LogP contribution in [-0.2, 0) is 40.3 Å². The van der Waals surface area contributed by atoms with E-state index in [4.69, 9.17) is 5.26 Å². The fourth-order valence-electron chi connectivity index (χ4n) is 0.0738. The van der Waals surface area contributed by atoms with E-state index in [1.807, 2.05) is 0 Å². The molecule has 0 radical (unpaired) electrons. The summed E-state index contributed by atoms with van der Waals surface area (Å²) in [6, 6.07) is 0. The van der Waals surface area contributed by atoms with Gasteiger partial charge in [-0.25, -0.2) is 5.26 Å². The first-order chi connectivity index (χ1) is 4.91. The highest BCUT2D eigenvalue weighted by Gasteiger charge is 1.91. The van der Waals surface area contributed by atoms with Crippen molar-refractivity contribution in [2.75, 3.05) is 0 Å². The normalized spacial score (nSPS) is 10.2. The highest BCUT2D eigenvalue weighted by atomic mass is 17.9. The summed E-state index contributed by atoms with van der Waals surface area (Å²) in [5.74, 6) is 4.25. The lowest BCUT2D eigenvalue weighted by atomic mass is 13.5. The molecule has 0 aliphatic rings. The first-order valence-electron chi connectivity index (χ1n) is 1.58. The van der Waals surface area contributed by atoms with E-state index in [0.717, 1.165) is 0 Å². The van der Waals surface area contributed by atoms with Crippen LogP contribution in [0, 0.1) is 0 Å². The lowest BCUT2D eigenvalue weighted by molar-refractivity contribution is -0.830. The second-order valence-electron chi connectivity index (χ2n) is 0.579. The second kappa shape index (κ2) is 8.60. The van der Waals surface area contributed by atoms with Crippen molar-refractivity contribution in [3.05, 3.63) is 0 Å². The van der Waals surface area contributed by atoms with Gasteiger partial charge in [-0.1, -0.05) is 0 Å². The van der Waals surface area contributed by atoms with Crippen LogP contribution in [0.3, 0.4) is 0 Å². The van der Waals surface area contributed by atoms with E-state index in [-0.39, 0.29) is 0 Å². The third-order valence-electron chi connectivity index (χ3n) is 0.209. The van der Waals surface area contributed by atoms with Crippen LogP contribution < -0.4 is 5.90 Å². The van der Waals surface area contributed by atoms with E-state index >= 15 is 0 Å². The van der Waals surface area contributed by atoms with E-state index in [9.17, 15) is 0 Å². The van der Waals surface area contributed by atoms with Gasteiger partial charge >= 0.3 is 0 Å². The minimum atomic E-state index is 2.87. The molecule has 0 saturated heterocycles. The highest BCUT2D eigenvalue weighted by molar-refractivity contribution is 3.11. The minimum Gasteiger partial charge on any atom is -0.219 e. The topological polar surface area (TPSA) is 120 Å². The molecule has 0 heterocycles. The standard InChI is InChI=1S/H3NO9/c1-3-5-7-9-10-8-6-4-2/h2H,1H2. The molecule has 10 heavy (non-hydrogen) atoms. The average molecular weight is 161 g/mol.